The molecular weight excluding hydrogens is 430 g/mol. The Labute approximate surface area is 187 Å². The van der Waals surface area contributed by atoms with Crippen molar-refractivity contribution in [3.05, 3.63) is 47.9 Å². The summed E-state index contributed by atoms with van der Waals surface area (Å²) in [5.41, 5.74) is 2.03. The zero-order valence-electron chi connectivity index (χ0n) is 18.3. The van der Waals surface area contributed by atoms with Gasteiger partial charge in [-0.3, -0.25) is 4.79 Å². The lowest BCUT2D eigenvalue weighted by Gasteiger charge is -2.15. The van der Waals surface area contributed by atoms with Gasteiger partial charge in [0, 0.05) is 23.2 Å². The van der Waals surface area contributed by atoms with Crippen molar-refractivity contribution < 1.29 is 22.4 Å². The molecule has 2 aromatic carbocycles. The van der Waals surface area contributed by atoms with Gasteiger partial charge in [0.1, 0.15) is 16.2 Å². The van der Waals surface area contributed by atoms with Crippen LogP contribution in [0.25, 0.3) is 11.1 Å². The number of fused-ring (bicyclic) bond motifs is 1. The number of ether oxygens (including phenoxy) is 1. The van der Waals surface area contributed by atoms with E-state index in [-0.39, 0.29) is 28.2 Å². The monoisotopic (exact) mass is 457 g/mol. The second-order valence-electron chi connectivity index (χ2n) is 8.31. The van der Waals surface area contributed by atoms with Crippen molar-refractivity contribution in [3.63, 3.8) is 0 Å². The molecule has 0 aliphatic heterocycles. The molecular formula is C23H27N3O5S. The Morgan fingerprint density at radius 2 is 1.91 bits per heavy atom. The first-order chi connectivity index (χ1) is 15.3. The fourth-order valence-corrected chi connectivity index (χ4v) is 5.33. The molecule has 4 rings (SSSR count). The minimum atomic E-state index is -3.83. The van der Waals surface area contributed by atoms with Gasteiger partial charge in [0.25, 0.3) is 5.91 Å². The van der Waals surface area contributed by atoms with E-state index in [2.05, 4.69) is 15.0 Å². The summed E-state index contributed by atoms with van der Waals surface area (Å²) < 4.78 is 39.6. The molecule has 0 bridgehead atoms. The molecule has 32 heavy (non-hydrogen) atoms. The number of carbonyl (C=O) groups is 1. The Bertz CT molecular complexity index is 1240. The fourth-order valence-electron chi connectivity index (χ4n) is 3.83. The van der Waals surface area contributed by atoms with Gasteiger partial charge in [0.15, 0.2) is 11.5 Å². The lowest BCUT2D eigenvalue weighted by molar-refractivity contribution is 0.102. The number of hydrogen-bond donors (Lipinski definition) is 2. The van der Waals surface area contributed by atoms with Crippen LogP contribution in [0.1, 0.15) is 61.7 Å². The number of nitrogens with zero attached hydrogens (tertiary/aromatic N) is 1. The summed E-state index contributed by atoms with van der Waals surface area (Å²) in [5.74, 6) is 0.537. The lowest BCUT2D eigenvalue weighted by atomic mass is 10.2. The van der Waals surface area contributed by atoms with Gasteiger partial charge >= 0.3 is 0 Å². The molecule has 1 aromatic heterocycles. The van der Waals surface area contributed by atoms with Gasteiger partial charge in [-0.05, 0) is 49.2 Å². The van der Waals surface area contributed by atoms with Crippen molar-refractivity contribution in [2.75, 3.05) is 12.4 Å². The van der Waals surface area contributed by atoms with Crippen LogP contribution in [0.4, 0.5) is 5.69 Å². The highest BCUT2D eigenvalue weighted by molar-refractivity contribution is 7.89. The van der Waals surface area contributed by atoms with Crippen LogP contribution in [0.3, 0.4) is 0 Å². The first kappa shape index (κ1) is 22.3. The Balaban J connectivity index is 1.58. The number of benzene rings is 2. The molecule has 1 fully saturated rings. The van der Waals surface area contributed by atoms with Gasteiger partial charge in [-0.25, -0.2) is 18.1 Å². The van der Waals surface area contributed by atoms with E-state index in [0.29, 0.717) is 22.7 Å². The van der Waals surface area contributed by atoms with E-state index in [9.17, 15) is 13.2 Å². The van der Waals surface area contributed by atoms with Gasteiger partial charge < -0.3 is 14.5 Å². The molecule has 170 valence electrons. The first-order valence-electron chi connectivity index (χ1n) is 10.7. The summed E-state index contributed by atoms with van der Waals surface area (Å²) in [4.78, 5) is 17.3. The molecule has 1 heterocycles. The van der Waals surface area contributed by atoms with E-state index in [1.165, 1.54) is 25.3 Å². The summed E-state index contributed by atoms with van der Waals surface area (Å²) in [6.07, 6.45) is 3.62. The number of aromatic nitrogens is 1. The minimum absolute atomic E-state index is 0.0481. The van der Waals surface area contributed by atoms with Gasteiger partial charge in [-0.2, -0.15) is 0 Å². The Morgan fingerprint density at radius 3 is 2.59 bits per heavy atom. The third kappa shape index (κ3) is 4.63. The van der Waals surface area contributed by atoms with Gasteiger partial charge in [-0.15, -0.1) is 0 Å². The molecule has 0 saturated heterocycles. The quantitative estimate of drug-likeness (QED) is 0.543. The predicted octanol–water partition coefficient (Wildman–Crippen LogP) is 4.43. The van der Waals surface area contributed by atoms with Crippen molar-refractivity contribution in [1.82, 2.24) is 9.71 Å². The number of amides is 1. The second kappa shape index (κ2) is 8.91. The number of methoxy groups -OCH3 is 1. The van der Waals surface area contributed by atoms with Crippen molar-refractivity contribution in [3.8, 4) is 5.75 Å². The van der Waals surface area contributed by atoms with Crippen LogP contribution in [0, 0.1) is 0 Å². The predicted molar refractivity (Wildman–Crippen MR) is 122 cm³/mol. The number of hydrogen-bond acceptors (Lipinski definition) is 6. The molecule has 1 aliphatic carbocycles. The lowest BCUT2D eigenvalue weighted by Crippen LogP contribution is -2.33. The van der Waals surface area contributed by atoms with Crippen LogP contribution in [-0.2, 0) is 10.0 Å². The van der Waals surface area contributed by atoms with Crippen molar-refractivity contribution in [1.29, 1.82) is 0 Å². The molecule has 0 unspecified atom stereocenters. The first-order valence-corrected chi connectivity index (χ1v) is 12.2. The van der Waals surface area contributed by atoms with Crippen LogP contribution >= 0.6 is 0 Å². The summed E-state index contributed by atoms with van der Waals surface area (Å²) >= 11 is 0. The maximum Gasteiger partial charge on any atom is 0.255 e. The summed E-state index contributed by atoms with van der Waals surface area (Å²) in [6, 6.07) is 9.48. The molecule has 0 radical (unpaired) electrons. The Morgan fingerprint density at radius 1 is 1.16 bits per heavy atom. The molecule has 0 spiro atoms. The largest absolute Gasteiger partial charge is 0.495 e. The van der Waals surface area contributed by atoms with Crippen molar-refractivity contribution >= 4 is 32.7 Å². The van der Waals surface area contributed by atoms with Gasteiger partial charge in [0.2, 0.25) is 10.0 Å². The summed E-state index contributed by atoms with van der Waals surface area (Å²) in [5, 5.41) is 2.80. The topological polar surface area (TPSA) is 111 Å². The van der Waals surface area contributed by atoms with Crippen molar-refractivity contribution in [2.24, 2.45) is 0 Å². The van der Waals surface area contributed by atoms with E-state index in [0.717, 1.165) is 25.7 Å². The number of sulfonamides is 1. The summed E-state index contributed by atoms with van der Waals surface area (Å²) in [6.45, 7) is 3.98. The molecule has 3 aromatic rings. The molecule has 2 N–H and O–H groups in total. The Hall–Kier alpha value is -2.91. The highest BCUT2D eigenvalue weighted by Gasteiger charge is 2.26. The van der Waals surface area contributed by atoms with Crippen LogP contribution in [0.15, 0.2) is 45.7 Å². The highest BCUT2D eigenvalue weighted by atomic mass is 32.2. The SMILES string of the molecule is COc1ccc(C(=O)Nc2ccc3oc(C(C)C)nc3c2)cc1S(=O)(=O)NC1CCCC1. The van der Waals surface area contributed by atoms with Gasteiger partial charge in [-0.1, -0.05) is 26.7 Å². The Kier molecular flexibility index (Phi) is 6.21. The molecule has 1 aliphatic rings. The number of anilines is 1. The van der Waals surface area contributed by atoms with Crippen LogP contribution in [0.2, 0.25) is 0 Å². The fraction of sp³-hybridized carbons (Fsp3) is 0.391. The van der Waals surface area contributed by atoms with E-state index >= 15 is 0 Å². The van der Waals surface area contributed by atoms with Crippen LogP contribution in [0.5, 0.6) is 5.75 Å². The number of oxazole rings is 1. The van der Waals surface area contributed by atoms with E-state index < -0.39 is 15.9 Å². The second-order valence-corrected chi connectivity index (χ2v) is 9.99. The van der Waals surface area contributed by atoms with E-state index in [1.54, 1.807) is 18.2 Å². The number of nitrogens with one attached hydrogen (secondary N) is 2. The van der Waals surface area contributed by atoms with Crippen LogP contribution < -0.4 is 14.8 Å². The average Bonchev–Trinajstić information content (AvgIpc) is 3.42. The maximum atomic E-state index is 13.0. The zero-order valence-corrected chi connectivity index (χ0v) is 19.2. The molecule has 8 nitrogen and oxygen atoms in total. The molecule has 0 atom stereocenters. The van der Waals surface area contributed by atoms with E-state index in [4.69, 9.17) is 9.15 Å². The zero-order chi connectivity index (χ0) is 22.9. The van der Waals surface area contributed by atoms with E-state index in [1.807, 2.05) is 13.8 Å². The summed E-state index contributed by atoms with van der Waals surface area (Å²) in [7, 11) is -2.42. The molecule has 1 saturated carbocycles. The highest BCUT2D eigenvalue weighted by Crippen LogP contribution is 2.28. The van der Waals surface area contributed by atoms with Gasteiger partial charge in [0.05, 0.1) is 7.11 Å². The third-order valence-corrected chi connectivity index (χ3v) is 7.09. The standard InChI is InChI=1S/C23H27N3O5S/c1-14(2)23-25-18-13-17(9-11-19(18)31-23)24-22(27)15-8-10-20(30-3)21(12-15)32(28,29)26-16-6-4-5-7-16/h8-14,16,26H,4-7H2,1-3H3,(H,24,27). The normalized spacial score (nSPS) is 14.9. The number of rotatable bonds is 7. The van der Waals surface area contributed by atoms with Crippen molar-refractivity contribution in [2.45, 2.75) is 56.4 Å². The average molecular weight is 458 g/mol. The minimum Gasteiger partial charge on any atom is -0.495 e. The van der Waals surface area contributed by atoms with Crippen LogP contribution in [-0.4, -0.2) is 32.5 Å². The maximum absolute atomic E-state index is 13.0. The third-order valence-electron chi connectivity index (χ3n) is 5.55. The number of carbonyl (C=O) groups excluding carboxylic acids is 1. The molecule has 1 amide bonds. The molecule has 9 heteroatoms. The smallest absolute Gasteiger partial charge is 0.255 e.